The number of nitrogens with one attached hydrogen (secondary N) is 2. The van der Waals surface area contributed by atoms with E-state index in [-0.39, 0.29) is 18.9 Å². The van der Waals surface area contributed by atoms with Gasteiger partial charge in [-0.05, 0) is 43.2 Å². The minimum absolute atomic E-state index is 0.00671. The normalized spacial score (nSPS) is 11.6. The highest BCUT2D eigenvalue weighted by molar-refractivity contribution is 5.83. The third kappa shape index (κ3) is 7.12. The van der Waals surface area contributed by atoms with E-state index in [1.165, 1.54) is 6.21 Å². The number of hydrazone groups is 1. The van der Waals surface area contributed by atoms with Gasteiger partial charge in [0.25, 0.3) is 0 Å². The van der Waals surface area contributed by atoms with E-state index in [9.17, 15) is 9.59 Å². The number of amides is 2. The second-order valence-corrected chi connectivity index (χ2v) is 6.17. The van der Waals surface area contributed by atoms with Gasteiger partial charge in [-0.2, -0.15) is 5.10 Å². The van der Waals surface area contributed by atoms with E-state index in [0.29, 0.717) is 18.1 Å². The molecule has 0 aliphatic heterocycles. The van der Waals surface area contributed by atoms with Gasteiger partial charge in [0.1, 0.15) is 0 Å². The molecule has 0 unspecified atom stereocenters. The summed E-state index contributed by atoms with van der Waals surface area (Å²) in [7, 11) is 1.56. The molecule has 0 bridgehead atoms. The van der Waals surface area contributed by atoms with Crippen LogP contribution in [0.3, 0.4) is 0 Å². The van der Waals surface area contributed by atoms with Crippen molar-refractivity contribution in [2.75, 3.05) is 20.3 Å². The minimum atomic E-state index is -0.580. The molecule has 0 saturated heterocycles. The minimum Gasteiger partial charge on any atom is -0.493 e. The van der Waals surface area contributed by atoms with Gasteiger partial charge in [0.2, 0.25) is 5.91 Å². The van der Waals surface area contributed by atoms with Crippen molar-refractivity contribution in [3.05, 3.63) is 59.7 Å². The lowest BCUT2D eigenvalue weighted by Gasteiger charge is -2.18. The maximum atomic E-state index is 12.4. The van der Waals surface area contributed by atoms with E-state index < -0.39 is 12.1 Å². The smallest absolute Gasteiger partial charge is 0.407 e. The largest absolute Gasteiger partial charge is 0.493 e. The predicted octanol–water partition coefficient (Wildman–Crippen LogP) is 3.42. The highest BCUT2D eigenvalue weighted by Crippen LogP contribution is 2.27. The summed E-state index contributed by atoms with van der Waals surface area (Å²) < 4.78 is 15.7. The van der Waals surface area contributed by atoms with Gasteiger partial charge >= 0.3 is 6.09 Å². The molecule has 2 aromatic rings. The molecule has 8 heteroatoms. The topological polar surface area (TPSA) is 98.2 Å². The van der Waals surface area contributed by atoms with Gasteiger partial charge in [0.15, 0.2) is 11.5 Å². The number of nitrogens with zero attached hydrogens (tertiary/aromatic N) is 1. The molecule has 0 heterocycles. The van der Waals surface area contributed by atoms with Gasteiger partial charge in [-0.3, -0.25) is 4.79 Å². The summed E-state index contributed by atoms with van der Waals surface area (Å²) in [6.45, 7) is 4.38. The van der Waals surface area contributed by atoms with Crippen LogP contribution in [0.1, 0.15) is 37.4 Å². The van der Waals surface area contributed by atoms with Gasteiger partial charge in [-0.1, -0.05) is 30.3 Å². The molecular formula is C22H27N3O5. The van der Waals surface area contributed by atoms with Gasteiger partial charge < -0.3 is 19.5 Å². The molecule has 0 saturated carbocycles. The highest BCUT2D eigenvalue weighted by atomic mass is 16.5. The summed E-state index contributed by atoms with van der Waals surface area (Å²) >= 11 is 0. The third-order valence-electron chi connectivity index (χ3n) is 4.05. The molecular weight excluding hydrogens is 386 g/mol. The average Bonchev–Trinajstić information content (AvgIpc) is 2.75. The Morgan fingerprint density at radius 3 is 2.50 bits per heavy atom. The van der Waals surface area contributed by atoms with Crippen molar-refractivity contribution in [1.29, 1.82) is 0 Å². The first-order valence-corrected chi connectivity index (χ1v) is 9.68. The van der Waals surface area contributed by atoms with Crippen molar-refractivity contribution >= 4 is 18.2 Å². The van der Waals surface area contributed by atoms with E-state index in [1.54, 1.807) is 32.2 Å². The van der Waals surface area contributed by atoms with E-state index in [1.807, 2.05) is 37.3 Å². The number of methoxy groups -OCH3 is 1. The SMILES string of the molecule is CCOC(=O)N[C@H](CC(=O)N/N=C\c1ccc(OCC)c(OC)c1)c1ccccc1. The van der Waals surface area contributed by atoms with E-state index in [2.05, 4.69) is 15.8 Å². The van der Waals surface area contributed by atoms with Crippen LogP contribution in [0.4, 0.5) is 4.79 Å². The molecule has 8 nitrogen and oxygen atoms in total. The number of hydrogen-bond acceptors (Lipinski definition) is 6. The summed E-state index contributed by atoms with van der Waals surface area (Å²) in [5.41, 5.74) is 4.01. The Kier molecular flexibility index (Phi) is 9.18. The fraction of sp³-hybridized carbons (Fsp3) is 0.318. The van der Waals surface area contributed by atoms with Crippen LogP contribution >= 0.6 is 0 Å². The summed E-state index contributed by atoms with van der Waals surface area (Å²) in [6, 6.07) is 14.0. The maximum absolute atomic E-state index is 12.4. The molecule has 1 atom stereocenters. The van der Waals surface area contributed by atoms with Crippen LogP contribution in [0, 0.1) is 0 Å². The fourth-order valence-electron chi connectivity index (χ4n) is 2.70. The predicted molar refractivity (Wildman–Crippen MR) is 114 cm³/mol. The van der Waals surface area contributed by atoms with Gasteiger partial charge in [-0.15, -0.1) is 0 Å². The van der Waals surface area contributed by atoms with Crippen molar-refractivity contribution < 1.29 is 23.8 Å². The van der Waals surface area contributed by atoms with Crippen LogP contribution in [0.25, 0.3) is 0 Å². The summed E-state index contributed by atoms with van der Waals surface area (Å²) in [5, 5.41) is 6.69. The van der Waals surface area contributed by atoms with Crippen LogP contribution in [-0.2, 0) is 9.53 Å². The molecule has 30 heavy (non-hydrogen) atoms. The van der Waals surface area contributed by atoms with Crippen molar-refractivity contribution in [2.45, 2.75) is 26.3 Å². The second-order valence-electron chi connectivity index (χ2n) is 6.17. The van der Waals surface area contributed by atoms with Crippen LogP contribution in [0.5, 0.6) is 11.5 Å². The third-order valence-corrected chi connectivity index (χ3v) is 4.05. The number of ether oxygens (including phenoxy) is 3. The van der Waals surface area contributed by atoms with Crippen molar-refractivity contribution in [1.82, 2.24) is 10.7 Å². The van der Waals surface area contributed by atoms with Crippen LogP contribution in [0.15, 0.2) is 53.6 Å². The lowest BCUT2D eigenvalue weighted by molar-refractivity contribution is -0.121. The first-order chi connectivity index (χ1) is 14.6. The van der Waals surface area contributed by atoms with Crippen LogP contribution in [-0.4, -0.2) is 38.5 Å². The lowest BCUT2D eigenvalue weighted by Crippen LogP contribution is -2.33. The first kappa shape index (κ1) is 22.7. The number of benzene rings is 2. The number of alkyl carbamates (subject to hydrolysis) is 1. The number of rotatable bonds is 10. The Morgan fingerprint density at radius 2 is 1.83 bits per heavy atom. The Balaban J connectivity index is 2.00. The Hall–Kier alpha value is -3.55. The summed E-state index contributed by atoms with van der Waals surface area (Å²) in [5.74, 6) is 0.863. The zero-order valence-corrected chi connectivity index (χ0v) is 17.4. The van der Waals surface area contributed by atoms with Crippen molar-refractivity contribution in [3.63, 3.8) is 0 Å². The monoisotopic (exact) mass is 413 g/mol. The van der Waals surface area contributed by atoms with Crippen molar-refractivity contribution in [2.24, 2.45) is 5.10 Å². The number of hydrogen-bond donors (Lipinski definition) is 2. The van der Waals surface area contributed by atoms with E-state index in [0.717, 1.165) is 11.1 Å². The van der Waals surface area contributed by atoms with Crippen LogP contribution < -0.4 is 20.2 Å². The molecule has 0 spiro atoms. The Morgan fingerprint density at radius 1 is 1.07 bits per heavy atom. The fourth-order valence-corrected chi connectivity index (χ4v) is 2.70. The quantitative estimate of drug-likeness (QED) is 0.459. The molecule has 0 fully saturated rings. The van der Waals surface area contributed by atoms with Gasteiger partial charge in [0.05, 0.1) is 39.0 Å². The molecule has 2 N–H and O–H groups in total. The average molecular weight is 413 g/mol. The molecule has 0 aliphatic carbocycles. The Bertz CT molecular complexity index is 855. The highest BCUT2D eigenvalue weighted by Gasteiger charge is 2.18. The first-order valence-electron chi connectivity index (χ1n) is 9.68. The number of carbonyl (C=O) groups excluding carboxylic acids is 2. The van der Waals surface area contributed by atoms with E-state index >= 15 is 0 Å². The molecule has 2 amide bonds. The lowest BCUT2D eigenvalue weighted by atomic mass is 10.0. The van der Waals surface area contributed by atoms with Crippen molar-refractivity contribution in [3.8, 4) is 11.5 Å². The zero-order chi connectivity index (χ0) is 21.8. The van der Waals surface area contributed by atoms with Gasteiger partial charge in [-0.25, -0.2) is 10.2 Å². The molecule has 0 radical (unpaired) electrons. The summed E-state index contributed by atoms with van der Waals surface area (Å²) in [4.78, 5) is 24.2. The molecule has 0 aromatic heterocycles. The summed E-state index contributed by atoms with van der Waals surface area (Å²) in [6.07, 6.45) is 0.934. The standard InChI is InChI=1S/C22H27N3O5/c1-4-29-19-12-11-16(13-20(19)28-3)15-23-25-21(26)14-18(24-22(27)30-5-2)17-9-7-6-8-10-17/h6-13,15,18H,4-5,14H2,1-3H3,(H,24,27)(H,25,26)/b23-15-/t18-/m1/s1. The maximum Gasteiger partial charge on any atom is 0.407 e. The zero-order valence-electron chi connectivity index (χ0n) is 17.4. The number of carbonyl (C=O) groups is 2. The molecule has 0 aliphatic rings. The molecule has 160 valence electrons. The molecule has 2 aromatic carbocycles. The van der Waals surface area contributed by atoms with Gasteiger partial charge in [0, 0.05) is 0 Å². The van der Waals surface area contributed by atoms with Crippen LogP contribution in [0.2, 0.25) is 0 Å². The Labute approximate surface area is 176 Å². The van der Waals surface area contributed by atoms with E-state index in [4.69, 9.17) is 14.2 Å². The molecule has 2 rings (SSSR count). The second kappa shape index (κ2) is 12.1.